The summed E-state index contributed by atoms with van der Waals surface area (Å²) < 4.78 is 7.35. The number of carbonyl (C=O) groups is 1. The lowest BCUT2D eigenvalue weighted by molar-refractivity contribution is -0.428. The highest BCUT2D eigenvalue weighted by Gasteiger charge is 2.26. The number of benzene rings is 2. The molecule has 4 aromatic rings. The van der Waals surface area contributed by atoms with Crippen LogP contribution in [-0.2, 0) is 11.2 Å². The molecule has 160 valence electrons. The third kappa shape index (κ3) is 3.20. The molecule has 1 atom stereocenters. The number of para-hydroxylation sites is 1. The highest BCUT2D eigenvalue weighted by molar-refractivity contribution is 8.02. The van der Waals surface area contributed by atoms with Gasteiger partial charge in [-0.3, -0.25) is 10.2 Å². The zero-order valence-corrected chi connectivity index (χ0v) is 17.8. The highest BCUT2D eigenvalue weighted by atomic mass is 32.2. The molecule has 1 amide bonds. The van der Waals surface area contributed by atoms with Crippen LogP contribution in [0.25, 0.3) is 16.6 Å². The summed E-state index contributed by atoms with van der Waals surface area (Å²) in [6.45, 7) is 0.0396. The van der Waals surface area contributed by atoms with E-state index in [4.69, 9.17) is 4.74 Å². The van der Waals surface area contributed by atoms with Crippen LogP contribution in [0, 0.1) is 0 Å². The molecule has 32 heavy (non-hydrogen) atoms. The topological polar surface area (TPSA) is 125 Å². The normalized spacial score (nSPS) is 15.8. The standard InChI is InChI=1S/C22H19N7O2S/c23-15(7-13-9-24-16-4-2-1-3-14(13)16)21-26-27-22-29(21)28-18(11-32-22)12-5-6-19-17(8-12)25-20(30)10-31-19/h1-6,8-9,11,15,24,28H,7,10,23H2,(H,25,30)/p+1/t15-/m0/s1. The molecule has 0 fully saturated rings. The van der Waals surface area contributed by atoms with E-state index in [1.54, 1.807) is 0 Å². The molecule has 0 aliphatic carbocycles. The summed E-state index contributed by atoms with van der Waals surface area (Å²) in [5.41, 5.74) is 12.5. The van der Waals surface area contributed by atoms with Crippen molar-refractivity contribution >= 4 is 40.0 Å². The number of H-pyrrole nitrogens is 1. The Kier molecular flexibility index (Phi) is 4.40. The van der Waals surface area contributed by atoms with Crippen LogP contribution in [-0.4, -0.2) is 32.4 Å². The fourth-order valence-corrected chi connectivity index (χ4v) is 4.77. The Hall–Kier alpha value is -3.76. The number of quaternary nitrogens is 1. The second kappa shape index (κ2) is 7.43. The summed E-state index contributed by atoms with van der Waals surface area (Å²) in [6, 6.07) is 13.9. The van der Waals surface area contributed by atoms with E-state index in [9.17, 15) is 4.79 Å². The first kappa shape index (κ1) is 19.0. The lowest BCUT2D eigenvalue weighted by atomic mass is 10.1. The molecule has 6 N–H and O–H groups in total. The van der Waals surface area contributed by atoms with Crippen molar-refractivity contribution in [1.29, 1.82) is 0 Å². The molecular formula is C22H20N7O2S+. The molecule has 6 rings (SSSR count). The first-order chi connectivity index (χ1) is 15.7. The van der Waals surface area contributed by atoms with E-state index in [2.05, 4.69) is 43.8 Å². The Labute approximate surface area is 187 Å². The molecule has 2 aromatic carbocycles. The van der Waals surface area contributed by atoms with Crippen LogP contribution in [0.1, 0.15) is 23.0 Å². The minimum atomic E-state index is -0.157. The first-order valence-electron chi connectivity index (χ1n) is 10.2. The van der Waals surface area contributed by atoms with Gasteiger partial charge in [-0.15, -0.1) is 10.2 Å². The lowest BCUT2D eigenvalue weighted by Gasteiger charge is -2.22. The average molecular weight is 447 g/mol. The number of aromatic nitrogens is 4. The van der Waals surface area contributed by atoms with Gasteiger partial charge in [0.25, 0.3) is 5.91 Å². The number of nitrogens with one attached hydrogen (secondary N) is 3. The average Bonchev–Trinajstić information content (AvgIpc) is 3.42. The summed E-state index contributed by atoms with van der Waals surface area (Å²) in [4.78, 5) is 15.0. The van der Waals surface area contributed by atoms with Gasteiger partial charge in [0.05, 0.1) is 11.4 Å². The number of carbonyl (C=O) groups excluding carboxylic acids is 1. The van der Waals surface area contributed by atoms with Crippen LogP contribution in [0.15, 0.2) is 59.2 Å². The molecule has 9 nitrogen and oxygen atoms in total. The smallest absolute Gasteiger partial charge is 0.262 e. The Morgan fingerprint density at radius 1 is 1.22 bits per heavy atom. The number of nitrogens with zero attached hydrogens (tertiary/aromatic N) is 3. The number of hydrogen-bond acceptors (Lipinski definition) is 6. The number of rotatable bonds is 4. The van der Waals surface area contributed by atoms with Gasteiger partial charge >= 0.3 is 0 Å². The lowest BCUT2D eigenvalue weighted by Crippen LogP contribution is -2.56. The van der Waals surface area contributed by atoms with Gasteiger partial charge in [-0.05, 0) is 29.8 Å². The molecular weight excluding hydrogens is 426 g/mol. The monoisotopic (exact) mass is 446 g/mol. The Bertz CT molecular complexity index is 1390. The third-order valence-corrected chi connectivity index (χ3v) is 6.43. The summed E-state index contributed by atoms with van der Waals surface area (Å²) in [7, 11) is 0. The molecule has 0 saturated carbocycles. The Morgan fingerprint density at radius 2 is 2.12 bits per heavy atom. The van der Waals surface area contributed by atoms with Crippen molar-refractivity contribution in [3.63, 3.8) is 0 Å². The Morgan fingerprint density at radius 3 is 3.06 bits per heavy atom. The predicted molar refractivity (Wildman–Crippen MR) is 121 cm³/mol. The molecule has 2 aromatic heterocycles. The maximum absolute atomic E-state index is 11.7. The van der Waals surface area contributed by atoms with Gasteiger partial charge < -0.3 is 20.8 Å². The number of ether oxygens (including phenoxy) is 1. The van der Waals surface area contributed by atoms with Gasteiger partial charge in [0.15, 0.2) is 12.6 Å². The number of amides is 1. The highest BCUT2D eigenvalue weighted by Crippen LogP contribution is 2.34. The van der Waals surface area contributed by atoms with Gasteiger partial charge in [-0.1, -0.05) is 30.0 Å². The number of thioether (sulfide) groups is 1. The molecule has 0 saturated heterocycles. The van der Waals surface area contributed by atoms with E-state index in [1.165, 1.54) is 22.7 Å². The fourth-order valence-electron chi connectivity index (χ4n) is 4.03. The summed E-state index contributed by atoms with van der Waals surface area (Å²) in [5.74, 6) is 1.27. The molecule has 4 heterocycles. The van der Waals surface area contributed by atoms with Crippen molar-refractivity contribution in [2.45, 2.75) is 17.6 Å². The van der Waals surface area contributed by atoms with Crippen molar-refractivity contribution in [2.24, 2.45) is 0 Å². The van der Waals surface area contributed by atoms with E-state index in [-0.39, 0.29) is 18.6 Å². The van der Waals surface area contributed by atoms with Crippen LogP contribution < -0.4 is 21.2 Å². The summed E-state index contributed by atoms with van der Waals surface area (Å²) in [6.07, 6.45) is 2.77. The van der Waals surface area contributed by atoms with Crippen molar-refractivity contribution in [3.05, 3.63) is 71.0 Å². The molecule has 0 radical (unpaired) electrons. The van der Waals surface area contributed by atoms with Gasteiger partial charge in [-0.25, -0.2) is 4.68 Å². The minimum Gasteiger partial charge on any atom is -0.482 e. The molecule has 0 spiro atoms. The maximum Gasteiger partial charge on any atom is 0.262 e. The van der Waals surface area contributed by atoms with Crippen LogP contribution in [0.4, 0.5) is 5.69 Å². The van der Waals surface area contributed by atoms with E-state index in [1.807, 2.05) is 46.6 Å². The van der Waals surface area contributed by atoms with E-state index in [0.717, 1.165) is 34.2 Å². The fraction of sp³-hybridized carbons (Fsp3) is 0.136. The van der Waals surface area contributed by atoms with E-state index >= 15 is 0 Å². The van der Waals surface area contributed by atoms with Crippen LogP contribution in [0.2, 0.25) is 0 Å². The molecule has 10 heteroatoms. The quantitative estimate of drug-likeness (QED) is 0.381. The minimum absolute atomic E-state index is 0.0396. The van der Waals surface area contributed by atoms with E-state index < -0.39 is 0 Å². The SMILES string of the molecule is [NH3+][C@@H](Cc1c[nH]c2ccccc12)c1nnc2n1NC(c1ccc3c(c1)NC(=O)CO3)=CS2. The number of anilines is 1. The number of fused-ring (bicyclic) bond motifs is 3. The zero-order valence-electron chi connectivity index (χ0n) is 17.0. The van der Waals surface area contributed by atoms with Crippen molar-refractivity contribution in [1.82, 2.24) is 19.9 Å². The molecule has 0 bridgehead atoms. The van der Waals surface area contributed by atoms with E-state index in [0.29, 0.717) is 11.4 Å². The summed E-state index contributed by atoms with van der Waals surface area (Å²) >= 11 is 1.49. The van der Waals surface area contributed by atoms with Crippen LogP contribution >= 0.6 is 11.8 Å². The molecule has 2 aliphatic rings. The second-order valence-corrected chi connectivity index (χ2v) is 8.58. The predicted octanol–water partition coefficient (Wildman–Crippen LogP) is 2.26. The third-order valence-electron chi connectivity index (χ3n) is 5.60. The van der Waals surface area contributed by atoms with Crippen LogP contribution in [0.3, 0.4) is 0 Å². The van der Waals surface area contributed by atoms with Gasteiger partial charge in [-0.2, -0.15) is 0 Å². The Balaban J connectivity index is 1.26. The number of hydrogen-bond donors (Lipinski definition) is 4. The van der Waals surface area contributed by atoms with Crippen molar-refractivity contribution in [2.75, 3.05) is 17.3 Å². The zero-order chi connectivity index (χ0) is 21.7. The first-order valence-corrected chi connectivity index (χ1v) is 11.1. The van der Waals surface area contributed by atoms with Crippen molar-refractivity contribution < 1.29 is 15.3 Å². The van der Waals surface area contributed by atoms with Gasteiger partial charge in [0.1, 0.15) is 5.75 Å². The second-order valence-electron chi connectivity index (χ2n) is 7.75. The van der Waals surface area contributed by atoms with Gasteiger partial charge in [0, 0.05) is 34.5 Å². The largest absolute Gasteiger partial charge is 0.482 e. The van der Waals surface area contributed by atoms with Gasteiger partial charge in [0.2, 0.25) is 11.0 Å². The molecule has 2 aliphatic heterocycles. The summed E-state index contributed by atoms with van der Waals surface area (Å²) in [5, 5.41) is 15.5. The molecule has 0 unspecified atom stereocenters. The van der Waals surface area contributed by atoms with Crippen LogP contribution in [0.5, 0.6) is 5.75 Å². The maximum atomic E-state index is 11.7. The van der Waals surface area contributed by atoms with Crippen molar-refractivity contribution in [3.8, 4) is 5.75 Å². The number of aromatic amines is 1.